The van der Waals surface area contributed by atoms with Gasteiger partial charge in [0.15, 0.2) is 0 Å². The molecule has 1 fully saturated rings. The van der Waals surface area contributed by atoms with E-state index in [0.717, 1.165) is 23.5 Å². The number of piperidine rings is 1. The number of ether oxygens (including phenoxy) is 1. The molecule has 3 rings (SSSR count). The summed E-state index contributed by atoms with van der Waals surface area (Å²) in [4.78, 5) is 14.6. The van der Waals surface area contributed by atoms with Crippen molar-refractivity contribution in [3.05, 3.63) is 65.7 Å². The first-order valence-electron chi connectivity index (χ1n) is 9.17. The highest BCUT2D eigenvalue weighted by molar-refractivity contribution is 6.01. The van der Waals surface area contributed by atoms with Crippen molar-refractivity contribution in [2.45, 2.75) is 25.8 Å². The summed E-state index contributed by atoms with van der Waals surface area (Å²) in [5, 5.41) is 2.90. The lowest BCUT2D eigenvalue weighted by atomic mass is 10.1. The molecule has 26 heavy (non-hydrogen) atoms. The van der Waals surface area contributed by atoms with Crippen LogP contribution in [0.4, 0.5) is 5.69 Å². The second-order valence-corrected chi connectivity index (χ2v) is 6.63. The van der Waals surface area contributed by atoms with Gasteiger partial charge in [0.2, 0.25) is 5.91 Å². The molecule has 0 unspecified atom stereocenters. The van der Waals surface area contributed by atoms with E-state index in [1.54, 1.807) is 19.3 Å². The van der Waals surface area contributed by atoms with E-state index in [-0.39, 0.29) is 5.91 Å². The molecule has 0 bridgehead atoms. The number of methoxy groups -OCH3 is 1. The highest BCUT2D eigenvalue weighted by Gasteiger charge is 2.10. The van der Waals surface area contributed by atoms with Gasteiger partial charge in [-0.25, -0.2) is 0 Å². The first kappa shape index (κ1) is 18.2. The Bertz CT molecular complexity index is 730. The van der Waals surface area contributed by atoms with Gasteiger partial charge in [-0.1, -0.05) is 30.7 Å². The zero-order valence-electron chi connectivity index (χ0n) is 15.3. The highest BCUT2D eigenvalue weighted by atomic mass is 16.5. The SMILES string of the molecule is COc1ccc(/C=C/C(=O)Nc2ccc(CN3CCCCC3)cc2)cc1. The van der Waals surface area contributed by atoms with Crippen LogP contribution in [0.2, 0.25) is 0 Å². The average molecular weight is 350 g/mol. The Kier molecular flexibility index (Phi) is 6.45. The molecule has 0 saturated carbocycles. The Morgan fingerprint density at radius 1 is 1.04 bits per heavy atom. The second-order valence-electron chi connectivity index (χ2n) is 6.63. The summed E-state index contributed by atoms with van der Waals surface area (Å²) in [5.41, 5.74) is 3.06. The summed E-state index contributed by atoms with van der Waals surface area (Å²) in [5.74, 6) is 0.667. The molecule has 4 heteroatoms. The van der Waals surface area contributed by atoms with Gasteiger partial charge in [0.1, 0.15) is 5.75 Å². The predicted octanol–water partition coefficient (Wildman–Crippen LogP) is 4.33. The van der Waals surface area contributed by atoms with Crippen LogP contribution in [0.5, 0.6) is 5.75 Å². The Morgan fingerprint density at radius 3 is 2.38 bits per heavy atom. The maximum absolute atomic E-state index is 12.1. The van der Waals surface area contributed by atoms with Crippen LogP contribution in [-0.4, -0.2) is 31.0 Å². The number of anilines is 1. The van der Waals surface area contributed by atoms with E-state index in [4.69, 9.17) is 4.74 Å². The van der Waals surface area contributed by atoms with Crippen LogP contribution in [0, 0.1) is 0 Å². The number of amides is 1. The fourth-order valence-electron chi connectivity index (χ4n) is 3.14. The number of carbonyl (C=O) groups excluding carboxylic acids is 1. The molecular formula is C22H26N2O2. The maximum atomic E-state index is 12.1. The Balaban J connectivity index is 1.51. The van der Waals surface area contributed by atoms with Gasteiger partial charge in [-0.15, -0.1) is 0 Å². The van der Waals surface area contributed by atoms with Crippen molar-refractivity contribution >= 4 is 17.7 Å². The summed E-state index contributed by atoms with van der Waals surface area (Å²) < 4.78 is 5.12. The molecule has 2 aromatic carbocycles. The van der Waals surface area contributed by atoms with Crippen LogP contribution < -0.4 is 10.1 Å². The molecule has 0 aliphatic carbocycles. The van der Waals surface area contributed by atoms with Gasteiger partial charge in [0, 0.05) is 18.3 Å². The Morgan fingerprint density at radius 2 is 1.73 bits per heavy atom. The standard InChI is InChI=1S/C22H26N2O2/c1-26-21-12-7-18(8-13-21)9-14-22(25)23-20-10-5-19(6-11-20)17-24-15-3-2-4-16-24/h5-14H,2-4,15-17H2,1H3,(H,23,25)/b14-9+. The van der Waals surface area contributed by atoms with Crippen LogP contribution in [-0.2, 0) is 11.3 Å². The molecule has 0 atom stereocenters. The molecular weight excluding hydrogens is 324 g/mol. The van der Waals surface area contributed by atoms with Crippen LogP contribution in [0.1, 0.15) is 30.4 Å². The second kappa shape index (κ2) is 9.20. The van der Waals surface area contributed by atoms with Crippen LogP contribution in [0.15, 0.2) is 54.6 Å². The summed E-state index contributed by atoms with van der Waals surface area (Å²) in [6.45, 7) is 3.37. The third kappa shape index (κ3) is 5.46. The van der Waals surface area contributed by atoms with Crippen molar-refractivity contribution in [2.24, 2.45) is 0 Å². The van der Waals surface area contributed by atoms with E-state index in [9.17, 15) is 4.79 Å². The largest absolute Gasteiger partial charge is 0.497 e. The number of nitrogens with one attached hydrogen (secondary N) is 1. The normalized spacial score (nSPS) is 15.1. The summed E-state index contributed by atoms with van der Waals surface area (Å²) in [6, 6.07) is 15.7. The van der Waals surface area contributed by atoms with Crippen molar-refractivity contribution in [3.63, 3.8) is 0 Å². The van der Waals surface area contributed by atoms with Crippen molar-refractivity contribution in [1.82, 2.24) is 4.90 Å². The fraction of sp³-hybridized carbons (Fsp3) is 0.318. The molecule has 1 saturated heterocycles. The molecule has 0 radical (unpaired) electrons. The van der Waals surface area contributed by atoms with Gasteiger partial charge in [0.05, 0.1) is 7.11 Å². The zero-order valence-corrected chi connectivity index (χ0v) is 15.3. The van der Waals surface area contributed by atoms with E-state index < -0.39 is 0 Å². The average Bonchev–Trinajstić information content (AvgIpc) is 2.69. The molecule has 0 spiro atoms. The summed E-state index contributed by atoms with van der Waals surface area (Å²) in [7, 11) is 1.64. The van der Waals surface area contributed by atoms with Crippen molar-refractivity contribution in [1.29, 1.82) is 0 Å². The first-order chi connectivity index (χ1) is 12.7. The van der Waals surface area contributed by atoms with Crippen molar-refractivity contribution < 1.29 is 9.53 Å². The quantitative estimate of drug-likeness (QED) is 0.788. The number of rotatable bonds is 6. The smallest absolute Gasteiger partial charge is 0.248 e. The third-order valence-corrected chi connectivity index (χ3v) is 4.62. The lowest BCUT2D eigenvalue weighted by Crippen LogP contribution is -2.29. The summed E-state index contributed by atoms with van der Waals surface area (Å²) >= 11 is 0. The predicted molar refractivity (Wildman–Crippen MR) is 106 cm³/mol. The molecule has 1 amide bonds. The minimum Gasteiger partial charge on any atom is -0.497 e. The number of likely N-dealkylation sites (tertiary alicyclic amines) is 1. The molecule has 1 heterocycles. The molecule has 1 N–H and O–H groups in total. The maximum Gasteiger partial charge on any atom is 0.248 e. The number of hydrogen-bond donors (Lipinski definition) is 1. The minimum absolute atomic E-state index is 0.135. The van der Waals surface area contributed by atoms with E-state index in [2.05, 4.69) is 22.3 Å². The first-order valence-corrected chi connectivity index (χ1v) is 9.17. The lowest BCUT2D eigenvalue weighted by Gasteiger charge is -2.26. The van der Waals surface area contributed by atoms with Gasteiger partial charge in [-0.05, 0) is 67.4 Å². The van der Waals surface area contributed by atoms with E-state index in [1.165, 1.54) is 37.9 Å². The van der Waals surface area contributed by atoms with Gasteiger partial charge in [0.25, 0.3) is 0 Å². The van der Waals surface area contributed by atoms with Crippen molar-refractivity contribution in [3.8, 4) is 5.75 Å². The third-order valence-electron chi connectivity index (χ3n) is 4.62. The van der Waals surface area contributed by atoms with Gasteiger partial charge < -0.3 is 10.1 Å². The van der Waals surface area contributed by atoms with Crippen LogP contribution in [0.25, 0.3) is 6.08 Å². The molecule has 4 nitrogen and oxygen atoms in total. The monoisotopic (exact) mass is 350 g/mol. The number of benzene rings is 2. The minimum atomic E-state index is -0.135. The topological polar surface area (TPSA) is 41.6 Å². The van der Waals surface area contributed by atoms with E-state index in [0.29, 0.717) is 0 Å². The van der Waals surface area contributed by atoms with Crippen LogP contribution >= 0.6 is 0 Å². The Hall–Kier alpha value is -2.59. The molecule has 136 valence electrons. The van der Waals surface area contributed by atoms with Gasteiger partial charge >= 0.3 is 0 Å². The zero-order chi connectivity index (χ0) is 18.2. The molecule has 1 aliphatic heterocycles. The van der Waals surface area contributed by atoms with Gasteiger partial charge in [-0.2, -0.15) is 0 Å². The molecule has 2 aromatic rings. The van der Waals surface area contributed by atoms with E-state index >= 15 is 0 Å². The summed E-state index contributed by atoms with van der Waals surface area (Å²) in [6.07, 6.45) is 7.29. The van der Waals surface area contributed by atoms with E-state index in [1.807, 2.05) is 36.4 Å². The highest BCUT2D eigenvalue weighted by Crippen LogP contribution is 2.16. The van der Waals surface area contributed by atoms with Crippen molar-refractivity contribution in [2.75, 3.05) is 25.5 Å². The number of carbonyl (C=O) groups is 1. The number of hydrogen-bond acceptors (Lipinski definition) is 3. The molecule has 0 aromatic heterocycles. The lowest BCUT2D eigenvalue weighted by molar-refractivity contribution is -0.111. The number of nitrogens with zero attached hydrogens (tertiary/aromatic N) is 1. The van der Waals surface area contributed by atoms with Crippen LogP contribution in [0.3, 0.4) is 0 Å². The Labute approximate surface area is 155 Å². The van der Waals surface area contributed by atoms with Gasteiger partial charge in [-0.3, -0.25) is 9.69 Å². The fourth-order valence-corrected chi connectivity index (χ4v) is 3.14. The molecule has 1 aliphatic rings.